The van der Waals surface area contributed by atoms with E-state index in [1.165, 1.54) is 27.1 Å². The number of rotatable bonds is 8. The van der Waals surface area contributed by atoms with E-state index in [1.54, 1.807) is 6.92 Å². The van der Waals surface area contributed by atoms with Gasteiger partial charge >= 0.3 is 0 Å². The monoisotopic (exact) mass is 489 g/mol. The standard InChI is InChI=1S/C17H17FIN3OS2/c1-3-12(10-20)17(23)16-8-13-7-11(2)14(21-24-6-4-5-18)9-15(13)22(16)25-19/h3,7-9,21H,4-6H2,1-2H3/b12-3+. The zero-order valence-electron chi connectivity index (χ0n) is 13.8. The normalized spacial score (nSPS) is 11.6. The maximum absolute atomic E-state index is 12.6. The molecule has 132 valence electrons. The molecular weight excluding hydrogens is 472 g/mol. The van der Waals surface area contributed by atoms with E-state index >= 15 is 0 Å². The molecule has 0 unspecified atom stereocenters. The van der Waals surface area contributed by atoms with Crippen LogP contribution in [-0.4, -0.2) is 22.2 Å². The zero-order chi connectivity index (χ0) is 18.4. The number of aryl methyl sites for hydroxylation is 1. The van der Waals surface area contributed by atoms with Crippen LogP contribution in [0.3, 0.4) is 0 Å². The number of ketones is 1. The predicted molar refractivity (Wildman–Crippen MR) is 114 cm³/mol. The molecule has 1 aromatic heterocycles. The summed E-state index contributed by atoms with van der Waals surface area (Å²) < 4.78 is 17.3. The first-order chi connectivity index (χ1) is 12.1. The van der Waals surface area contributed by atoms with Crippen molar-refractivity contribution in [3.8, 4) is 6.07 Å². The SMILES string of the molecule is C/C=C(\C#N)C(=O)c1cc2cc(C)c(NSCCCF)cc2n1SI. The second kappa shape index (κ2) is 9.50. The van der Waals surface area contributed by atoms with Crippen molar-refractivity contribution < 1.29 is 9.18 Å². The highest BCUT2D eigenvalue weighted by Gasteiger charge is 2.20. The van der Waals surface area contributed by atoms with Gasteiger partial charge in [0.15, 0.2) is 0 Å². The molecule has 1 aromatic carbocycles. The Hall–Kier alpha value is -1.18. The van der Waals surface area contributed by atoms with Crippen molar-refractivity contribution in [2.24, 2.45) is 0 Å². The highest BCUT2D eigenvalue weighted by Crippen LogP contribution is 2.33. The van der Waals surface area contributed by atoms with E-state index in [4.69, 9.17) is 5.26 Å². The number of aromatic nitrogens is 1. The Morgan fingerprint density at radius 1 is 1.48 bits per heavy atom. The summed E-state index contributed by atoms with van der Waals surface area (Å²) in [7, 11) is 1.39. The maximum Gasteiger partial charge on any atom is 0.220 e. The summed E-state index contributed by atoms with van der Waals surface area (Å²) in [6.45, 7) is 3.35. The Labute approximate surface area is 167 Å². The van der Waals surface area contributed by atoms with Gasteiger partial charge in [0.2, 0.25) is 5.78 Å². The molecule has 0 amide bonds. The van der Waals surface area contributed by atoms with Crippen LogP contribution in [0.15, 0.2) is 29.8 Å². The minimum absolute atomic E-state index is 0.131. The number of nitrogens with one attached hydrogen (secondary N) is 1. The summed E-state index contributed by atoms with van der Waals surface area (Å²) in [4.78, 5) is 12.6. The summed E-state index contributed by atoms with van der Waals surface area (Å²) in [6.07, 6.45) is 2.04. The summed E-state index contributed by atoms with van der Waals surface area (Å²) in [5, 5.41) is 10.1. The third-order valence-electron chi connectivity index (χ3n) is 3.62. The first-order valence-corrected chi connectivity index (χ1v) is 11.9. The Bertz CT molecular complexity index is 858. The fourth-order valence-electron chi connectivity index (χ4n) is 2.33. The highest BCUT2D eigenvalue weighted by molar-refractivity contribution is 14.2. The number of nitrogens with zero attached hydrogens (tertiary/aromatic N) is 2. The number of halogens is 2. The third-order valence-corrected chi connectivity index (χ3v) is 6.19. The molecule has 1 N–H and O–H groups in total. The van der Waals surface area contributed by atoms with Crippen molar-refractivity contribution in [2.45, 2.75) is 20.3 Å². The Kier molecular flexibility index (Phi) is 7.65. The largest absolute Gasteiger partial charge is 0.329 e. The van der Waals surface area contributed by atoms with Crippen LogP contribution in [0.25, 0.3) is 10.9 Å². The third kappa shape index (κ3) is 4.51. The van der Waals surface area contributed by atoms with E-state index in [2.05, 4.69) is 25.9 Å². The lowest BCUT2D eigenvalue weighted by molar-refractivity contribution is 0.103. The van der Waals surface area contributed by atoms with Gasteiger partial charge in [-0.2, -0.15) is 5.26 Å². The number of allylic oxidation sites excluding steroid dienone is 2. The summed E-state index contributed by atoms with van der Waals surface area (Å²) >= 11 is 3.59. The van der Waals surface area contributed by atoms with Gasteiger partial charge in [0.25, 0.3) is 0 Å². The van der Waals surface area contributed by atoms with Gasteiger partial charge in [-0.1, -0.05) is 18.0 Å². The number of benzene rings is 1. The van der Waals surface area contributed by atoms with Crippen molar-refractivity contribution >= 4 is 64.6 Å². The molecule has 2 aromatic rings. The molecule has 0 atom stereocenters. The molecule has 8 heteroatoms. The molecule has 2 rings (SSSR count). The molecule has 0 fully saturated rings. The predicted octanol–water partition coefficient (Wildman–Crippen LogP) is 5.87. The number of nitriles is 1. The van der Waals surface area contributed by atoms with Crippen LogP contribution in [0.1, 0.15) is 29.4 Å². The first kappa shape index (κ1) is 20.1. The van der Waals surface area contributed by atoms with Crippen LogP contribution >= 0.6 is 42.3 Å². The van der Waals surface area contributed by atoms with Gasteiger partial charge < -0.3 is 4.72 Å². The maximum atomic E-state index is 12.6. The van der Waals surface area contributed by atoms with Crippen molar-refractivity contribution in [2.75, 3.05) is 17.1 Å². The van der Waals surface area contributed by atoms with Gasteiger partial charge in [-0.15, -0.1) is 0 Å². The second-order valence-electron chi connectivity index (χ2n) is 5.26. The highest BCUT2D eigenvalue weighted by atomic mass is 127. The van der Waals surface area contributed by atoms with Crippen LogP contribution in [0.5, 0.6) is 0 Å². The minimum atomic E-state index is -0.321. The zero-order valence-corrected chi connectivity index (χ0v) is 17.6. The lowest BCUT2D eigenvalue weighted by Crippen LogP contribution is -2.06. The average molecular weight is 489 g/mol. The van der Waals surface area contributed by atoms with E-state index in [0.29, 0.717) is 17.9 Å². The molecule has 0 spiro atoms. The van der Waals surface area contributed by atoms with Crippen molar-refractivity contribution in [3.63, 3.8) is 0 Å². The molecule has 0 bridgehead atoms. The van der Waals surface area contributed by atoms with Crippen molar-refractivity contribution in [1.82, 2.24) is 3.97 Å². The van der Waals surface area contributed by atoms with Gasteiger partial charge in [-0.3, -0.25) is 13.2 Å². The molecule has 0 saturated heterocycles. The number of Topliss-reactive ketones (excluding diaryl/α,β-unsaturated/α-hetero) is 1. The molecule has 0 aliphatic heterocycles. The number of carbonyl (C=O) groups is 1. The molecule has 0 aliphatic carbocycles. The number of hydrogen-bond donors (Lipinski definition) is 1. The molecule has 1 heterocycles. The van der Waals surface area contributed by atoms with Gasteiger partial charge in [0.1, 0.15) is 11.8 Å². The molecule has 0 saturated carbocycles. The molecular formula is C17H17FIN3OS2. The Morgan fingerprint density at radius 2 is 2.24 bits per heavy atom. The van der Waals surface area contributed by atoms with Gasteiger partial charge in [0.05, 0.1) is 17.8 Å². The Balaban J connectivity index is 2.44. The number of alkyl halides is 1. The van der Waals surface area contributed by atoms with E-state index in [0.717, 1.165) is 22.2 Å². The molecule has 0 aliphatic rings. The molecule has 0 radical (unpaired) electrons. The van der Waals surface area contributed by atoms with Crippen LogP contribution in [-0.2, 0) is 0 Å². The number of anilines is 1. The fraction of sp³-hybridized carbons (Fsp3) is 0.294. The second-order valence-corrected chi connectivity index (χ2v) is 7.84. The summed E-state index contributed by atoms with van der Waals surface area (Å²) in [6, 6.07) is 7.76. The lowest BCUT2D eigenvalue weighted by atomic mass is 10.1. The number of fused-ring (bicyclic) bond motifs is 1. The van der Waals surface area contributed by atoms with Crippen LogP contribution in [0, 0.1) is 18.3 Å². The quantitative estimate of drug-likeness (QED) is 0.126. The smallest absolute Gasteiger partial charge is 0.220 e. The topological polar surface area (TPSA) is 57.8 Å². The van der Waals surface area contributed by atoms with Crippen molar-refractivity contribution in [3.05, 3.63) is 41.1 Å². The van der Waals surface area contributed by atoms with Crippen LogP contribution < -0.4 is 4.72 Å². The summed E-state index contributed by atoms with van der Waals surface area (Å²) in [5.74, 6) is 0.405. The van der Waals surface area contributed by atoms with E-state index in [-0.39, 0.29) is 18.0 Å². The van der Waals surface area contributed by atoms with E-state index in [1.807, 2.05) is 35.2 Å². The molecule has 25 heavy (non-hydrogen) atoms. The minimum Gasteiger partial charge on any atom is -0.329 e. The van der Waals surface area contributed by atoms with Crippen molar-refractivity contribution in [1.29, 1.82) is 5.26 Å². The number of hydrogen-bond acceptors (Lipinski definition) is 5. The van der Waals surface area contributed by atoms with Crippen LogP contribution in [0.4, 0.5) is 10.1 Å². The first-order valence-electron chi connectivity index (χ1n) is 7.57. The fourth-order valence-corrected chi connectivity index (χ4v) is 4.77. The van der Waals surface area contributed by atoms with E-state index < -0.39 is 0 Å². The van der Waals surface area contributed by atoms with Gasteiger partial charge in [-0.05, 0) is 44.0 Å². The molecule has 4 nitrogen and oxygen atoms in total. The van der Waals surface area contributed by atoms with Gasteiger partial charge in [-0.25, -0.2) is 0 Å². The van der Waals surface area contributed by atoms with Crippen LogP contribution in [0.2, 0.25) is 0 Å². The van der Waals surface area contributed by atoms with Gasteiger partial charge in [0, 0.05) is 47.2 Å². The Morgan fingerprint density at radius 3 is 2.84 bits per heavy atom. The number of carbonyl (C=O) groups excluding carboxylic acids is 1. The average Bonchev–Trinajstić information content (AvgIpc) is 2.96. The summed E-state index contributed by atoms with van der Waals surface area (Å²) in [5.41, 5.74) is 3.49. The lowest BCUT2D eigenvalue weighted by Gasteiger charge is -2.10. The van der Waals surface area contributed by atoms with E-state index in [9.17, 15) is 9.18 Å².